The number of nitriles is 1. The van der Waals surface area contributed by atoms with E-state index in [4.69, 9.17) is 9.15 Å². The SMILES string of the molecule is COC(=O)c1ccc(-n2c(C)cc(/C=C(\C#N)C(=O)NCc3ccco3)c2C)cc1. The van der Waals surface area contributed by atoms with Crippen LogP contribution in [0.2, 0.25) is 0 Å². The summed E-state index contributed by atoms with van der Waals surface area (Å²) in [6, 6.07) is 14.4. The molecular formula is C23H21N3O4. The van der Waals surface area contributed by atoms with Crippen LogP contribution in [-0.4, -0.2) is 23.6 Å². The smallest absolute Gasteiger partial charge is 0.337 e. The number of methoxy groups -OCH3 is 1. The van der Waals surface area contributed by atoms with Crippen molar-refractivity contribution in [1.29, 1.82) is 5.26 Å². The number of hydrogen-bond acceptors (Lipinski definition) is 5. The van der Waals surface area contributed by atoms with Crippen LogP contribution in [0, 0.1) is 25.2 Å². The second-order valence-corrected chi connectivity index (χ2v) is 6.63. The molecule has 2 heterocycles. The molecule has 0 aliphatic rings. The number of furan rings is 1. The van der Waals surface area contributed by atoms with Crippen LogP contribution in [0.5, 0.6) is 0 Å². The van der Waals surface area contributed by atoms with Crippen molar-refractivity contribution in [3.8, 4) is 11.8 Å². The molecule has 0 bridgehead atoms. The van der Waals surface area contributed by atoms with Gasteiger partial charge in [0.2, 0.25) is 0 Å². The van der Waals surface area contributed by atoms with Gasteiger partial charge in [0.1, 0.15) is 17.4 Å². The number of aryl methyl sites for hydroxylation is 1. The topological polar surface area (TPSA) is 97.3 Å². The van der Waals surface area contributed by atoms with Gasteiger partial charge in [0.25, 0.3) is 5.91 Å². The molecule has 0 saturated carbocycles. The summed E-state index contributed by atoms with van der Waals surface area (Å²) in [4.78, 5) is 24.0. The zero-order chi connectivity index (χ0) is 21.7. The zero-order valence-electron chi connectivity index (χ0n) is 16.9. The number of carbonyl (C=O) groups excluding carboxylic acids is 2. The van der Waals surface area contributed by atoms with Crippen molar-refractivity contribution in [3.63, 3.8) is 0 Å². The minimum absolute atomic E-state index is 0.00263. The van der Waals surface area contributed by atoms with Crippen LogP contribution in [0.4, 0.5) is 0 Å². The van der Waals surface area contributed by atoms with E-state index in [2.05, 4.69) is 5.32 Å². The number of ether oxygens (including phenoxy) is 1. The molecule has 30 heavy (non-hydrogen) atoms. The Morgan fingerprint density at radius 2 is 1.97 bits per heavy atom. The summed E-state index contributed by atoms with van der Waals surface area (Å²) >= 11 is 0. The molecule has 7 heteroatoms. The second kappa shape index (κ2) is 8.97. The maximum Gasteiger partial charge on any atom is 0.337 e. The number of hydrogen-bond donors (Lipinski definition) is 1. The molecule has 3 aromatic rings. The molecule has 1 amide bonds. The molecule has 7 nitrogen and oxygen atoms in total. The summed E-state index contributed by atoms with van der Waals surface area (Å²) in [5.41, 5.74) is 3.88. The Morgan fingerprint density at radius 3 is 2.57 bits per heavy atom. The van der Waals surface area contributed by atoms with Gasteiger partial charge < -0.3 is 19.0 Å². The summed E-state index contributed by atoms with van der Waals surface area (Å²) < 4.78 is 11.9. The van der Waals surface area contributed by atoms with E-state index >= 15 is 0 Å². The summed E-state index contributed by atoms with van der Waals surface area (Å²) in [6.45, 7) is 4.04. The monoisotopic (exact) mass is 403 g/mol. The number of rotatable bonds is 6. The maximum absolute atomic E-state index is 12.4. The zero-order valence-corrected chi connectivity index (χ0v) is 16.9. The molecule has 0 aliphatic heterocycles. The third-order valence-corrected chi connectivity index (χ3v) is 4.69. The summed E-state index contributed by atoms with van der Waals surface area (Å²) in [7, 11) is 1.34. The molecule has 3 rings (SSSR count). The first-order valence-corrected chi connectivity index (χ1v) is 9.24. The van der Waals surface area contributed by atoms with Gasteiger partial charge in [-0.15, -0.1) is 0 Å². The Balaban J connectivity index is 1.85. The molecule has 0 radical (unpaired) electrons. The van der Waals surface area contributed by atoms with Gasteiger partial charge in [-0.2, -0.15) is 5.26 Å². The lowest BCUT2D eigenvalue weighted by Gasteiger charge is -2.10. The predicted octanol–water partition coefficient (Wildman–Crippen LogP) is 3.70. The first kappa shape index (κ1) is 20.7. The van der Waals surface area contributed by atoms with Crippen molar-refractivity contribution in [2.75, 3.05) is 7.11 Å². The summed E-state index contributed by atoms with van der Waals surface area (Å²) in [6.07, 6.45) is 3.09. The highest BCUT2D eigenvalue weighted by atomic mass is 16.5. The minimum atomic E-state index is -0.471. The first-order chi connectivity index (χ1) is 14.4. The van der Waals surface area contributed by atoms with E-state index in [-0.39, 0.29) is 12.1 Å². The van der Waals surface area contributed by atoms with Gasteiger partial charge >= 0.3 is 5.97 Å². The van der Waals surface area contributed by atoms with E-state index in [1.54, 1.807) is 30.3 Å². The molecule has 0 spiro atoms. The minimum Gasteiger partial charge on any atom is -0.467 e. The number of aromatic nitrogens is 1. The number of amides is 1. The molecule has 1 aromatic carbocycles. The van der Waals surface area contributed by atoms with Gasteiger partial charge in [-0.1, -0.05) is 0 Å². The van der Waals surface area contributed by atoms with Crippen molar-refractivity contribution in [2.24, 2.45) is 0 Å². The van der Waals surface area contributed by atoms with Crippen LogP contribution in [0.15, 0.2) is 58.7 Å². The molecule has 1 N–H and O–H groups in total. The molecule has 0 atom stereocenters. The van der Waals surface area contributed by atoms with Crippen LogP contribution in [0.25, 0.3) is 11.8 Å². The lowest BCUT2D eigenvalue weighted by atomic mass is 10.1. The third-order valence-electron chi connectivity index (χ3n) is 4.69. The highest BCUT2D eigenvalue weighted by molar-refractivity contribution is 6.01. The van der Waals surface area contributed by atoms with Gasteiger partial charge in [0, 0.05) is 17.1 Å². The van der Waals surface area contributed by atoms with Gasteiger partial charge in [-0.25, -0.2) is 4.79 Å². The van der Waals surface area contributed by atoms with Crippen molar-refractivity contribution in [3.05, 3.63) is 82.6 Å². The van der Waals surface area contributed by atoms with Gasteiger partial charge in [-0.3, -0.25) is 4.79 Å². The molecule has 2 aromatic heterocycles. The maximum atomic E-state index is 12.4. The van der Waals surface area contributed by atoms with Gasteiger partial charge in [0.15, 0.2) is 0 Å². The lowest BCUT2D eigenvalue weighted by Crippen LogP contribution is -2.23. The van der Waals surface area contributed by atoms with E-state index in [0.29, 0.717) is 11.3 Å². The fourth-order valence-corrected chi connectivity index (χ4v) is 3.18. The van der Waals surface area contributed by atoms with E-state index in [1.807, 2.05) is 42.7 Å². The molecule has 152 valence electrons. The fourth-order valence-electron chi connectivity index (χ4n) is 3.18. The molecule has 0 aliphatic carbocycles. The molecule has 0 fully saturated rings. The lowest BCUT2D eigenvalue weighted by molar-refractivity contribution is -0.117. The van der Waals surface area contributed by atoms with E-state index in [0.717, 1.165) is 22.6 Å². The summed E-state index contributed by atoms with van der Waals surface area (Å²) in [5.74, 6) is -0.263. The van der Waals surface area contributed by atoms with Crippen molar-refractivity contribution in [1.82, 2.24) is 9.88 Å². The highest BCUT2D eigenvalue weighted by Crippen LogP contribution is 2.23. The standard InChI is InChI=1S/C23H21N3O4/c1-15-11-18(12-19(13-24)22(27)25-14-21-5-4-10-30-21)16(2)26(15)20-8-6-17(7-9-20)23(28)29-3/h4-12H,14H2,1-3H3,(H,25,27)/b19-12+. The van der Waals surface area contributed by atoms with Crippen LogP contribution in [-0.2, 0) is 16.1 Å². The average Bonchev–Trinajstić information content (AvgIpc) is 3.37. The predicted molar refractivity (Wildman–Crippen MR) is 111 cm³/mol. The largest absolute Gasteiger partial charge is 0.467 e. The van der Waals surface area contributed by atoms with Gasteiger partial charge in [-0.05, 0) is 68.0 Å². The van der Waals surface area contributed by atoms with Crippen LogP contribution < -0.4 is 5.32 Å². The summed E-state index contributed by atoms with van der Waals surface area (Å²) in [5, 5.41) is 12.1. The van der Waals surface area contributed by atoms with Crippen molar-refractivity contribution >= 4 is 18.0 Å². The third kappa shape index (κ3) is 4.33. The van der Waals surface area contributed by atoms with Crippen LogP contribution in [0.1, 0.15) is 33.1 Å². The quantitative estimate of drug-likeness (QED) is 0.385. The Kier molecular flexibility index (Phi) is 6.18. The number of carbonyl (C=O) groups is 2. The Bertz CT molecular complexity index is 1130. The van der Waals surface area contributed by atoms with Gasteiger partial charge in [0.05, 0.1) is 25.5 Å². The molecular weight excluding hydrogens is 382 g/mol. The Morgan fingerprint density at radius 1 is 1.23 bits per heavy atom. The number of nitrogens with zero attached hydrogens (tertiary/aromatic N) is 2. The average molecular weight is 403 g/mol. The molecule has 0 saturated heterocycles. The molecule has 0 unspecified atom stereocenters. The second-order valence-electron chi connectivity index (χ2n) is 6.63. The van der Waals surface area contributed by atoms with Crippen LogP contribution >= 0.6 is 0 Å². The number of esters is 1. The normalized spacial score (nSPS) is 11.1. The fraction of sp³-hybridized carbons (Fsp3) is 0.174. The van der Waals surface area contributed by atoms with E-state index in [1.165, 1.54) is 13.4 Å². The Hall–Kier alpha value is -4.05. The van der Waals surface area contributed by atoms with E-state index < -0.39 is 11.9 Å². The van der Waals surface area contributed by atoms with Crippen molar-refractivity contribution < 1.29 is 18.7 Å². The highest BCUT2D eigenvalue weighted by Gasteiger charge is 2.14. The first-order valence-electron chi connectivity index (χ1n) is 9.24. The van der Waals surface area contributed by atoms with Crippen molar-refractivity contribution in [2.45, 2.75) is 20.4 Å². The number of nitrogens with one attached hydrogen (secondary N) is 1. The number of benzene rings is 1. The Labute approximate surface area is 174 Å². The van der Waals surface area contributed by atoms with E-state index in [9.17, 15) is 14.9 Å². The van der Waals surface area contributed by atoms with Crippen LogP contribution in [0.3, 0.4) is 0 Å².